The molecule has 2 aromatic carbocycles. The van der Waals surface area contributed by atoms with Gasteiger partial charge < -0.3 is 10.1 Å². The number of anilines is 1. The van der Waals surface area contributed by atoms with Gasteiger partial charge in [0.1, 0.15) is 0 Å². The molecule has 7 nitrogen and oxygen atoms in total. The third kappa shape index (κ3) is 4.96. The second-order valence-corrected chi connectivity index (χ2v) is 8.19. The SMILES string of the molecule is CCCCOC(=O)c1ccc(NC(=O)CSC2=Nc3ccccc3[C@H]3CC=NN23)cc1. The van der Waals surface area contributed by atoms with Crippen molar-refractivity contribution in [2.45, 2.75) is 32.2 Å². The molecule has 1 N–H and O–H groups in total. The highest BCUT2D eigenvalue weighted by atomic mass is 32.2. The average molecular weight is 437 g/mol. The molecule has 0 aliphatic carbocycles. The van der Waals surface area contributed by atoms with E-state index in [0.29, 0.717) is 17.9 Å². The van der Waals surface area contributed by atoms with Crippen LogP contribution in [0.5, 0.6) is 0 Å². The summed E-state index contributed by atoms with van der Waals surface area (Å²) in [6, 6.07) is 14.9. The van der Waals surface area contributed by atoms with Gasteiger partial charge in [-0.2, -0.15) is 5.10 Å². The number of amides is 1. The van der Waals surface area contributed by atoms with E-state index in [2.05, 4.69) is 21.5 Å². The first kappa shape index (κ1) is 21.1. The molecule has 1 amide bonds. The fourth-order valence-corrected chi connectivity index (χ4v) is 4.19. The topological polar surface area (TPSA) is 83.4 Å². The number of nitrogens with zero attached hydrogens (tertiary/aromatic N) is 3. The number of para-hydroxylation sites is 1. The highest BCUT2D eigenvalue weighted by molar-refractivity contribution is 8.14. The van der Waals surface area contributed by atoms with Crippen LogP contribution in [0.15, 0.2) is 58.6 Å². The quantitative estimate of drug-likeness (QED) is 0.500. The Balaban J connectivity index is 1.33. The number of thioether (sulfide) groups is 1. The van der Waals surface area contributed by atoms with Crippen LogP contribution in [0.25, 0.3) is 0 Å². The fraction of sp³-hybridized carbons (Fsp3) is 0.304. The van der Waals surface area contributed by atoms with Crippen molar-refractivity contribution in [2.75, 3.05) is 17.7 Å². The number of benzene rings is 2. The van der Waals surface area contributed by atoms with Crippen molar-refractivity contribution in [3.63, 3.8) is 0 Å². The monoisotopic (exact) mass is 436 g/mol. The van der Waals surface area contributed by atoms with Gasteiger partial charge in [0.15, 0.2) is 5.17 Å². The van der Waals surface area contributed by atoms with Crippen molar-refractivity contribution in [3.05, 3.63) is 59.7 Å². The molecule has 0 radical (unpaired) electrons. The normalized spacial score (nSPS) is 16.4. The minimum atomic E-state index is -0.349. The number of unbranched alkanes of at least 4 members (excludes halogenated alkanes) is 1. The molecule has 8 heteroatoms. The van der Waals surface area contributed by atoms with Crippen molar-refractivity contribution in [3.8, 4) is 0 Å². The Morgan fingerprint density at radius 1 is 1.19 bits per heavy atom. The van der Waals surface area contributed by atoms with Crippen molar-refractivity contribution in [2.24, 2.45) is 10.1 Å². The molecular weight excluding hydrogens is 412 g/mol. The summed E-state index contributed by atoms with van der Waals surface area (Å²) >= 11 is 1.36. The Hall–Kier alpha value is -3.13. The Kier molecular flexibility index (Phi) is 6.66. The van der Waals surface area contributed by atoms with Crippen LogP contribution >= 0.6 is 11.8 Å². The van der Waals surface area contributed by atoms with Crippen molar-refractivity contribution in [1.82, 2.24) is 5.01 Å². The van der Waals surface area contributed by atoms with E-state index in [1.807, 2.05) is 36.3 Å². The van der Waals surface area contributed by atoms with Crippen molar-refractivity contribution < 1.29 is 14.3 Å². The van der Waals surface area contributed by atoms with E-state index in [1.165, 1.54) is 11.8 Å². The average Bonchev–Trinajstić information content (AvgIpc) is 3.28. The summed E-state index contributed by atoms with van der Waals surface area (Å²) in [6.07, 6.45) is 4.53. The number of carbonyl (C=O) groups excluding carboxylic acids is 2. The molecular formula is C23H24N4O3S. The van der Waals surface area contributed by atoms with E-state index in [-0.39, 0.29) is 23.7 Å². The smallest absolute Gasteiger partial charge is 0.338 e. The number of rotatable bonds is 7. The second-order valence-electron chi connectivity index (χ2n) is 7.25. The summed E-state index contributed by atoms with van der Waals surface area (Å²) in [4.78, 5) is 29.1. The first-order chi connectivity index (χ1) is 15.2. The predicted octanol–water partition coefficient (Wildman–Crippen LogP) is 4.75. The van der Waals surface area contributed by atoms with Crippen LogP contribution in [-0.4, -0.2) is 40.6 Å². The van der Waals surface area contributed by atoms with Crippen LogP contribution in [0, 0.1) is 0 Å². The first-order valence-electron chi connectivity index (χ1n) is 10.3. The highest BCUT2D eigenvalue weighted by Gasteiger charge is 2.32. The third-order valence-electron chi connectivity index (χ3n) is 5.01. The van der Waals surface area contributed by atoms with Crippen LogP contribution < -0.4 is 5.32 Å². The summed E-state index contributed by atoms with van der Waals surface area (Å²) in [7, 11) is 0. The van der Waals surface area contributed by atoms with Gasteiger partial charge in [-0.15, -0.1) is 0 Å². The van der Waals surface area contributed by atoms with E-state index in [1.54, 1.807) is 24.3 Å². The molecule has 0 aromatic heterocycles. The van der Waals surface area contributed by atoms with E-state index in [9.17, 15) is 9.59 Å². The summed E-state index contributed by atoms with van der Waals surface area (Å²) in [5, 5.41) is 9.90. The van der Waals surface area contributed by atoms with Gasteiger partial charge in [0.25, 0.3) is 0 Å². The van der Waals surface area contributed by atoms with Gasteiger partial charge in [0.2, 0.25) is 5.91 Å². The number of esters is 1. The van der Waals surface area contributed by atoms with E-state index in [4.69, 9.17) is 4.74 Å². The van der Waals surface area contributed by atoms with Crippen LogP contribution in [0.4, 0.5) is 11.4 Å². The Bertz CT molecular complexity index is 1020. The number of ether oxygens (including phenoxy) is 1. The Labute approximate surface area is 185 Å². The Morgan fingerprint density at radius 3 is 2.81 bits per heavy atom. The molecule has 0 fully saturated rings. The van der Waals surface area contributed by atoms with Crippen LogP contribution in [0.3, 0.4) is 0 Å². The van der Waals surface area contributed by atoms with Crippen LogP contribution in [0.2, 0.25) is 0 Å². The lowest BCUT2D eigenvalue weighted by atomic mass is 10.0. The first-order valence-corrected chi connectivity index (χ1v) is 11.3. The molecule has 0 saturated carbocycles. The van der Waals surface area contributed by atoms with Gasteiger partial charge in [0.05, 0.1) is 29.7 Å². The molecule has 2 heterocycles. The maximum atomic E-state index is 12.5. The molecule has 2 aliphatic heterocycles. The number of amidine groups is 1. The van der Waals surface area contributed by atoms with Crippen LogP contribution in [-0.2, 0) is 9.53 Å². The molecule has 4 rings (SSSR count). The molecule has 1 atom stereocenters. The minimum Gasteiger partial charge on any atom is -0.462 e. The van der Waals surface area contributed by atoms with Gasteiger partial charge in [-0.3, -0.25) is 4.79 Å². The Morgan fingerprint density at radius 2 is 2.00 bits per heavy atom. The van der Waals surface area contributed by atoms with E-state index < -0.39 is 0 Å². The van der Waals surface area contributed by atoms with Gasteiger partial charge in [-0.05, 0) is 36.8 Å². The molecule has 31 heavy (non-hydrogen) atoms. The van der Waals surface area contributed by atoms with Gasteiger partial charge >= 0.3 is 5.97 Å². The summed E-state index contributed by atoms with van der Waals surface area (Å²) < 4.78 is 5.20. The number of fused-ring (bicyclic) bond motifs is 3. The number of hydrogen-bond donors (Lipinski definition) is 1. The summed E-state index contributed by atoms with van der Waals surface area (Å²) in [6.45, 7) is 2.46. The number of hydrazone groups is 1. The molecule has 2 aromatic rings. The number of carbonyl (C=O) groups is 2. The molecule has 0 unspecified atom stereocenters. The zero-order chi connectivity index (χ0) is 21.6. The zero-order valence-electron chi connectivity index (χ0n) is 17.3. The molecule has 2 aliphatic rings. The largest absolute Gasteiger partial charge is 0.462 e. The number of hydrogen-bond acceptors (Lipinski definition) is 7. The fourth-order valence-electron chi connectivity index (χ4n) is 3.39. The van der Waals surface area contributed by atoms with E-state index in [0.717, 1.165) is 35.7 Å². The minimum absolute atomic E-state index is 0.142. The lowest BCUT2D eigenvalue weighted by Crippen LogP contribution is -2.29. The number of nitrogens with one attached hydrogen (secondary N) is 1. The molecule has 0 spiro atoms. The lowest BCUT2D eigenvalue weighted by molar-refractivity contribution is -0.113. The summed E-state index contributed by atoms with van der Waals surface area (Å²) in [5.74, 6) is -0.289. The maximum Gasteiger partial charge on any atom is 0.338 e. The standard InChI is InChI=1S/C23H24N4O3S/c1-2-3-14-30-22(29)16-8-10-17(11-9-16)25-21(28)15-31-23-26-19-7-5-4-6-18(19)20-12-13-24-27(20)23/h4-11,13,20H,2-3,12,14-15H2,1H3,(H,25,28)/t20-/m1/s1. The summed E-state index contributed by atoms with van der Waals surface area (Å²) in [5.41, 5.74) is 3.18. The van der Waals surface area contributed by atoms with E-state index >= 15 is 0 Å². The molecule has 0 saturated heterocycles. The van der Waals surface area contributed by atoms with Gasteiger partial charge in [-0.1, -0.05) is 43.3 Å². The highest BCUT2D eigenvalue weighted by Crippen LogP contribution is 2.40. The predicted molar refractivity (Wildman–Crippen MR) is 124 cm³/mol. The lowest BCUT2D eigenvalue weighted by Gasteiger charge is -2.29. The van der Waals surface area contributed by atoms with Gasteiger partial charge in [0, 0.05) is 23.9 Å². The van der Waals surface area contributed by atoms with Crippen molar-refractivity contribution in [1.29, 1.82) is 0 Å². The number of aliphatic imine (C=N–C) groups is 1. The van der Waals surface area contributed by atoms with Crippen LogP contribution in [0.1, 0.15) is 48.1 Å². The molecule has 0 bridgehead atoms. The van der Waals surface area contributed by atoms with Crippen molar-refractivity contribution >= 4 is 46.4 Å². The zero-order valence-corrected chi connectivity index (χ0v) is 18.1. The molecule has 160 valence electrons. The maximum absolute atomic E-state index is 12.5. The van der Waals surface area contributed by atoms with Gasteiger partial charge in [-0.25, -0.2) is 14.8 Å². The second kappa shape index (κ2) is 9.78. The third-order valence-corrected chi connectivity index (χ3v) is 5.95.